The second-order valence-electron chi connectivity index (χ2n) is 0.680. The summed E-state index contributed by atoms with van der Waals surface area (Å²) in [4.78, 5) is 14.2. The van der Waals surface area contributed by atoms with E-state index < -0.39 is 18.7 Å². The summed E-state index contributed by atoms with van der Waals surface area (Å²) in [5.74, 6) is 0. The summed E-state index contributed by atoms with van der Waals surface area (Å²) in [5.41, 5.74) is 0. The van der Waals surface area contributed by atoms with Crippen molar-refractivity contribution in [3.8, 4) is 0 Å². The molecule has 0 spiro atoms. The minimum absolute atomic E-state index is 0. The molecule has 0 aromatic rings. The molecule has 10 heavy (non-hydrogen) atoms. The van der Waals surface area contributed by atoms with Crippen LogP contribution in [-0.2, 0) is 15.0 Å². The molecule has 0 aromatic carbocycles. The van der Waals surface area contributed by atoms with E-state index in [0.717, 1.165) is 0 Å². The molecule has 0 rings (SSSR count). The quantitative estimate of drug-likeness (QED) is 0.156. The first-order chi connectivity index (χ1) is 3.73. The number of rotatable bonds is 0. The second kappa shape index (κ2) is 7.99. The van der Waals surface area contributed by atoms with Gasteiger partial charge in [0.25, 0.3) is 0 Å². The van der Waals surface area contributed by atoms with Crippen molar-refractivity contribution in [2.75, 3.05) is 0 Å². The van der Waals surface area contributed by atoms with Crippen molar-refractivity contribution in [1.29, 1.82) is 0 Å². The van der Waals surface area contributed by atoms with Crippen molar-refractivity contribution >= 4 is 18.7 Å². The Hall–Kier alpha value is 0.890. The van der Waals surface area contributed by atoms with E-state index in [9.17, 15) is 0 Å². The van der Waals surface area contributed by atoms with Gasteiger partial charge < -0.3 is 4.55 Å². The van der Waals surface area contributed by atoms with Crippen LogP contribution in [0.1, 0.15) is 0 Å². The van der Waals surface area contributed by atoms with Crippen molar-refractivity contribution < 1.29 is 61.4 Å². The number of hydrogen-bond donors (Lipinski definition) is 3. The molecule has 0 fully saturated rings. The van der Waals surface area contributed by atoms with Crippen LogP contribution in [0.4, 0.5) is 0 Å². The largest absolute Gasteiger partial charge is 1.00 e. The standard InChI is InChI=1S/Na.H2O4S.HO3P/c;1-5(2,3)4;1-4(2)3/h;(H2,1,2,3,4);(H-,1,2,3)/q+1;;. The van der Waals surface area contributed by atoms with Gasteiger partial charge in [-0.05, 0) is 0 Å². The van der Waals surface area contributed by atoms with Crippen LogP contribution >= 0.6 is 8.25 Å². The molecular formula is H3NaO7PS+. The van der Waals surface area contributed by atoms with Gasteiger partial charge in [0.15, 0.2) is 0 Å². The fourth-order valence-corrected chi connectivity index (χ4v) is 0. The molecule has 0 aliphatic carbocycles. The Balaban J connectivity index is -0.0000000910. The average molecular weight is 201 g/mol. The van der Waals surface area contributed by atoms with E-state index in [1.54, 1.807) is 0 Å². The second-order valence-corrected chi connectivity index (χ2v) is 2.04. The minimum atomic E-state index is -4.92. The van der Waals surface area contributed by atoms with Crippen molar-refractivity contribution in [1.82, 2.24) is 0 Å². The maximum absolute atomic E-state index is 8.70. The van der Waals surface area contributed by atoms with Gasteiger partial charge in [-0.2, -0.15) is 0 Å². The molecule has 0 saturated carbocycles. The smallest absolute Gasteiger partial charge is 0.726 e. The van der Waals surface area contributed by atoms with Crippen molar-refractivity contribution in [2.24, 2.45) is 0 Å². The van der Waals surface area contributed by atoms with Crippen LogP contribution in [0.3, 0.4) is 0 Å². The van der Waals surface area contributed by atoms with Gasteiger partial charge in [-0.15, -0.1) is 9.79 Å². The Labute approximate surface area is 79.9 Å². The molecule has 0 unspecified atom stereocenters. The minimum Gasteiger partial charge on any atom is -0.726 e. The van der Waals surface area contributed by atoms with E-state index in [-0.39, 0.29) is 29.6 Å². The predicted octanol–water partition coefficient (Wildman–Crippen LogP) is -4.36. The Morgan fingerprint density at radius 1 is 1.30 bits per heavy atom. The summed E-state index contributed by atoms with van der Waals surface area (Å²) in [6.45, 7) is 0. The van der Waals surface area contributed by atoms with E-state index in [0.29, 0.717) is 0 Å². The maximum Gasteiger partial charge on any atom is 1.00 e. The third-order valence-electron chi connectivity index (χ3n) is 0. The van der Waals surface area contributed by atoms with Gasteiger partial charge in [-0.3, -0.25) is 4.55 Å². The topological polar surface area (TPSA) is 135 Å². The molecule has 0 amide bonds. The van der Waals surface area contributed by atoms with Crippen LogP contribution in [0.15, 0.2) is 0 Å². The van der Waals surface area contributed by atoms with E-state index >= 15 is 0 Å². The fourth-order valence-electron chi connectivity index (χ4n) is 0. The molecule has 0 saturated heterocycles. The zero-order valence-corrected chi connectivity index (χ0v) is 8.54. The molecule has 10 heteroatoms. The van der Waals surface area contributed by atoms with E-state index in [1.807, 2.05) is 0 Å². The molecular weight excluding hydrogens is 198 g/mol. The van der Waals surface area contributed by atoms with Crippen molar-refractivity contribution in [2.45, 2.75) is 0 Å². The van der Waals surface area contributed by atoms with Crippen LogP contribution in [0.2, 0.25) is 0 Å². The Morgan fingerprint density at radius 3 is 1.30 bits per heavy atom. The molecule has 0 heterocycles. The fraction of sp³-hybridized carbons (Fsp3) is 0. The van der Waals surface area contributed by atoms with Crippen molar-refractivity contribution in [3.05, 3.63) is 0 Å². The predicted molar refractivity (Wildman–Crippen MR) is 24.4 cm³/mol. The van der Waals surface area contributed by atoms with Gasteiger partial charge in [-0.1, -0.05) is 0 Å². The van der Waals surface area contributed by atoms with Crippen LogP contribution < -0.4 is 29.6 Å². The first-order valence-corrected chi connectivity index (χ1v) is 3.80. The van der Waals surface area contributed by atoms with E-state index in [4.69, 9.17) is 31.9 Å². The van der Waals surface area contributed by atoms with Gasteiger partial charge in [0.1, 0.15) is 0 Å². The molecule has 0 aromatic heterocycles. The maximum atomic E-state index is 8.70. The zero-order chi connectivity index (χ0) is 8.08. The molecule has 0 atom stereocenters. The third kappa shape index (κ3) is 699. The molecule has 0 radical (unpaired) electrons. The van der Waals surface area contributed by atoms with Gasteiger partial charge >= 0.3 is 37.8 Å². The summed E-state index contributed by atoms with van der Waals surface area (Å²) >= 11 is 0. The van der Waals surface area contributed by atoms with Gasteiger partial charge in [0, 0.05) is 4.57 Å². The summed E-state index contributed by atoms with van der Waals surface area (Å²) in [6.07, 6.45) is 0. The first kappa shape index (κ1) is 17.1. The molecule has 0 bridgehead atoms. The summed E-state index contributed by atoms with van der Waals surface area (Å²) in [7, 11) is -7.79. The van der Waals surface area contributed by atoms with Crippen LogP contribution in [-0.4, -0.2) is 27.3 Å². The van der Waals surface area contributed by atoms with Gasteiger partial charge in [0.2, 0.25) is 10.4 Å². The normalized spacial score (nSPS) is 8.40. The first-order valence-electron chi connectivity index (χ1n) is 1.27. The Bertz CT molecular complexity index is 156. The van der Waals surface area contributed by atoms with E-state index in [2.05, 4.69) is 0 Å². The molecule has 0 aliphatic heterocycles. The molecule has 7 nitrogen and oxygen atoms in total. The monoisotopic (exact) mass is 201 g/mol. The van der Waals surface area contributed by atoms with E-state index in [1.165, 1.54) is 0 Å². The Kier molecular flexibility index (Phi) is 13.7. The van der Waals surface area contributed by atoms with Crippen molar-refractivity contribution in [3.63, 3.8) is 0 Å². The SMILES string of the molecule is O=S(=O)([O-])O.O=[P+](O)O.[Na+]. The Morgan fingerprint density at radius 2 is 1.30 bits per heavy atom. The van der Waals surface area contributed by atoms with Crippen LogP contribution in [0, 0.1) is 0 Å². The van der Waals surface area contributed by atoms with Gasteiger partial charge in [-0.25, -0.2) is 8.42 Å². The van der Waals surface area contributed by atoms with Crippen LogP contribution in [0.5, 0.6) is 0 Å². The summed E-state index contributed by atoms with van der Waals surface area (Å²) in [6, 6.07) is 0. The summed E-state index contributed by atoms with van der Waals surface area (Å²) < 4.78 is 41.5. The van der Waals surface area contributed by atoms with Crippen LogP contribution in [0.25, 0.3) is 0 Å². The molecule has 0 aliphatic rings. The molecule has 3 N–H and O–H groups in total. The van der Waals surface area contributed by atoms with Gasteiger partial charge in [0.05, 0.1) is 0 Å². The zero-order valence-electron chi connectivity index (χ0n) is 4.83. The number of hydrogen-bond acceptors (Lipinski definition) is 4. The molecule has 56 valence electrons. The third-order valence-corrected chi connectivity index (χ3v) is 0. The summed E-state index contributed by atoms with van der Waals surface area (Å²) in [5, 5.41) is 0. The average Bonchev–Trinajstić information content (AvgIpc) is 1.19.